The Balaban J connectivity index is 2.72. The van der Waals surface area contributed by atoms with Gasteiger partial charge in [0.15, 0.2) is 0 Å². The Hall–Kier alpha value is -1.26. The molecular weight excluding hydrogens is 232 g/mol. The van der Waals surface area contributed by atoms with Gasteiger partial charge in [-0.2, -0.15) is 0 Å². The molecule has 1 aliphatic carbocycles. The van der Waals surface area contributed by atoms with E-state index in [0.717, 1.165) is 12.8 Å². The lowest BCUT2D eigenvalue weighted by Crippen LogP contribution is -2.50. The Bertz CT molecular complexity index is 313. The van der Waals surface area contributed by atoms with E-state index in [1.54, 1.807) is 14.0 Å². The lowest BCUT2D eigenvalue weighted by Gasteiger charge is -2.32. The van der Waals surface area contributed by atoms with Gasteiger partial charge in [0, 0.05) is 19.6 Å². The van der Waals surface area contributed by atoms with Gasteiger partial charge < -0.3 is 14.9 Å². The summed E-state index contributed by atoms with van der Waals surface area (Å²) in [6.45, 7) is 6.62. The van der Waals surface area contributed by atoms with Gasteiger partial charge in [-0.15, -0.1) is 0 Å². The molecule has 1 saturated carbocycles. The van der Waals surface area contributed by atoms with Gasteiger partial charge >= 0.3 is 12.0 Å². The van der Waals surface area contributed by atoms with Crippen molar-refractivity contribution >= 4 is 12.0 Å². The molecule has 2 amide bonds. The molecule has 1 fully saturated rings. The fourth-order valence-corrected chi connectivity index (χ4v) is 2.11. The van der Waals surface area contributed by atoms with Crippen molar-refractivity contribution in [2.45, 2.75) is 52.1 Å². The van der Waals surface area contributed by atoms with Gasteiger partial charge in [0.25, 0.3) is 0 Å². The fraction of sp³-hybridized carbons (Fsp3) is 0.846. The molecule has 0 aromatic heterocycles. The first-order chi connectivity index (χ1) is 8.38. The van der Waals surface area contributed by atoms with Crippen molar-refractivity contribution in [1.82, 2.24) is 9.80 Å². The molecule has 1 unspecified atom stereocenters. The zero-order valence-corrected chi connectivity index (χ0v) is 11.7. The number of carboxylic acids is 1. The maximum absolute atomic E-state index is 12.4. The monoisotopic (exact) mass is 256 g/mol. The number of carbonyl (C=O) groups excluding carboxylic acids is 1. The predicted octanol–water partition coefficient (Wildman–Crippen LogP) is 2.02. The molecule has 104 valence electrons. The molecule has 0 aliphatic heterocycles. The fourth-order valence-electron chi connectivity index (χ4n) is 2.11. The van der Waals surface area contributed by atoms with Crippen LogP contribution in [0.25, 0.3) is 0 Å². The number of hydrogen-bond donors (Lipinski definition) is 1. The minimum Gasteiger partial charge on any atom is -0.480 e. The molecule has 18 heavy (non-hydrogen) atoms. The minimum absolute atomic E-state index is 0.152. The Morgan fingerprint density at radius 2 is 1.89 bits per heavy atom. The summed E-state index contributed by atoms with van der Waals surface area (Å²) in [4.78, 5) is 26.6. The summed E-state index contributed by atoms with van der Waals surface area (Å²) in [5.41, 5.74) is 0. The highest BCUT2D eigenvalue weighted by molar-refractivity contribution is 5.82. The average molecular weight is 256 g/mol. The van der Waals surface area contributed by atoms with Crippen molar-refractivity contribution in [3.05, 3.63) is 0 Å². The molecule has 0 aromatic rings. The smallest absolute Gasteiger partial charge is 0.326 e. The number of rotatable bonds is 6. The second kappa shape index (κ2) is 6.07. The van der Waals surface area contributed by atoms with Gasteiger partial charge in [-0.1, -0.05) is 20.8 Å². The number of nitrogens with zero attached hydrogens (tertiary/aromatic N) is 2. The molecule has 0 bridgehead atoms. The van der Waals surface area contributed by atoms with E-state index in [4.69, 9.17) is 5.11 Å². The predicted molar refractivity (Wildman–Crippen MR) is 69.4 cm³/mol. The topological polar surface area (TPSA) is 60.9 Å². The lowest BCUT2D eigenvalue weighted by atomic mass is 10.2. The number of hydrogen-bond acceptors (Lipinski definition) is 2. The van der Waals surface area contributed by atoms with E-state index in [0.29, 0.717) is 24.9 Å². The summed E-state index contributed by atoms with van der Waals surface area (Å²) >= 11 is 0. The first-order valence-electron chi connectivity index (χ1n) is 6.64. The van der Waals surface area contributed by atoms with Crippen molar-refractivity contribution < 1.29 is 14.7 Å². The quantitative estimate of drug-likeness (QED) is 0.791. The zero-order chi connectivity index (χ0) is 13.9. The van der Waals surface area contributed by atoms with Crippen LogP contribution in [0.3, 0.4) is 0 Å². The van der Waals surface area contributed by atoms with Gasteiger partial charge in [0.05, 0.1) is 0 Å². The molecule has 0 heterocycles. The van der Waals surface area contributed by atoms with E-state index in [1.165, 1.54) is 4.90 Å². The first kappa shape index (κ1) is 14.8. The van der Waals surface area contributed by atoms with Crippen LogP contribution in [0, 0.1) is 5.92 Å². The second-order valence-electron chi connectivity index (χ2n) is 5.43. The van der Waals surface area contributed by atoms with Crippen LogP contribution in [0.4, 0.5) is 4.79 Å². The molecule has 1 atom stereocenters. The molecule has 1 aliphatic rings. The summed E-state index contributed by atoms with van der Waals surface area (Å²) in [6, 6.07) is -0.569. The highest BCUT2D eigenvalue weighted by Crippen LogP contribution is 2.28. The van der Waals surface area contributed by atoms with Crippen LogP contribution in [0.15, 0.2) is 0 Å². The van der Waals surface area contributed by atoms with Gasteiger partial charge in [0.2, 0.25) is 0 Å². The standard InChI is InChI=1S/C13H24N2O3/c1-5-11(12(16)17)14(4)13(18)15(8-9(2)3)10-6-7-10/h9-11H,5-8H2,1-4H3,(H,16,17). The third kappa shape index (κ3) is 3.62. The van der Waals surface area contributed by atoms with Crippen LogP contribution in [0.2, 0.25) is 0 Å². The van der Waals surface area contributed by atoms with Crippen LogP contribution in [-0.2, 0) is 4.79 Å². The zero-order valence-electron chi connectivity index (χ0n) is 11.7. The van der Waals surface area contributed by atoms with Crippen LogP contribution >= 0.6 is 0 Å². The minimum atomic E-state index is -0.936. The molecule has 5 nitrogen and oxygen atoms in total. The molecule has 0 radical (unpaired) electrons. The largest absolute Gasteiger partial charge is 0.480 e. The Kier molecular flexibility index (Phi) is 4.99. The highest BCUT2D eigenvalue weighted by atomic mass is 16.4. The van der Waals surface area contributed by atoms with Gasteiger partial charge in [-0.05, 0) is 25.2 Å². The maximum Gasteiger partial charge on any atom is 0.326 e. The number of amides is 2. The van der Waals surface area contributed by atoms with E-state index >= 15 is 0 Å². The highest BCUT2D eigenvalue weighted by Gasteiger charge is 2.36. The van der Waals surface area contributed by atoms with Crippen molar-refractivity contribution in [2.75, 3.05) is 13.6 Å². The van der Waals surface area contributed by atoms with Gasteiger partial charge in [-0.3, -0.25) is 0 Å². The van der Waals surface area contributed by atoms with Crippen LogP contribution in [0.5, 0.6) is 0 Å². The Labute approximate surface area is 109 Å². The van der Waals surface area contributed by atoms with E-state index in [-0.39, 0.29) is 6.03 Å². The van der Waals surface area contributed by atoms with Crippen molar-refractivity contribution in [3.63, 3.8) is 0 Å². The Morgan fingerprint density at radius 3 is 2.22 bits per heavy atom. The van der Waals surface area contributed by atoms with Crippen molar-refractivity contribution in [3.8, 4) is 0 Å². The Morgan fingerprint density at radius 1 is 1.33 bits per heavy atom. The number of likely N-dealkylation sites (N-methyl/N-ethyl adjacent to an activating group) is 1. The van der Waals surface area contributed by atoms with E-state index in [2.05, 4.69) is 13.8 Å². The molecule has 1 rings (SSSR count). The SMILES string of the molecule is CCC(C(=O)O)N(C)C(=O)N(CC(C)C)C1CC1. The summed E-state index contributed by atoms with van der Waals surface area (Å²) in [5, 5.41) is 9.10. The number of carboxylic acid groups (broad SMARTS) is 1. The molecule has 0 spiro atoms. The lowest BCUT2D eigenvalue weighted by molar-refractivity contribution is -0.142. The summed E-state index contributed by atoms with van der Waals surface area (Å²) in [5.74, 6) is -0.540. The van der Waals surface area contributed by atoms with Crippen molar-refractivity contribution in [1.29, 1.82) is 0 Å². The maximum atomic E-state index is 12.4. The molecule has 1 N–H and O–H groups in total. The number of aliphatic carboxylic acids is 1. The third-order valence-electron chi connectivity index (χ3n) is 3.24. The normalized spacial score (nSPS) is 16.5. The number of urea groups is 1. The van der Waals surface area contributed by atoms with Crippen LogP contribution < -0.4 is 0 Å². The van der Waals surface area contributed by atoms with E-state index in [1.807, 2.05) is 4.90 Å². The number of carbonyl (C=O) groups is 2. The van der Waals surface area contributed by atoms with Crippen LogP contribution in [-0.4, -0.2) is 52.6 Å². The summed E-state index contributed by atoms with van der Waals surface area (Å²) in [7, 11) is 1.58. The molecule has 0 saturated heterocycles. The molecule has 0 aromatic carbocycles. The average Bonchev–Trinajstić information content (AvgIpc) is 3.08. The van der Waals surface area contributed by atoms with Crippen LogP contribution in [0.1, 0.15) is 40.0 Å². The molecular formula is C13H24N2O3. The molecule has 5 heteroatoms. The summed E-state index contributed by atoms with van der Waals surface area (Å²) < 4.78 is 0. The van der Waals surface area contributed by atoms with Crippen molar-refractivity contribution in [2.24, 2.45) is 5.92 Å². The first-order valence-corrected chi connectivity index (χ1v) is 6.64. The van der Waals surface area contributed by atoms with Gasteiger partial charge in [-0.25, -0.2) is 9.59 Å². The van der Waals surface area contributed by atoms with E-state index in [9.17, 15) is 9.59 Å². The van der Waals surface area contributed by atoms with E-state index < -0.39 is 12.0 Å². The third-order valence-corrected chi connectivity index (χ3v) is 3.24. The second-order valence-corrected chi connectivity index (χ2v) is 5.43. The summed E-state index contributed by atoms with van der Waals surface area (Å²) in [6.07, 6.45) is 2.50. The van der Waals surface area contributed by atoms with Gasteiger partial charge in [0.1, 0.15) is 6.04 Å².